The summed E-state index contributed by atoms with van der Waals surface area (Å²) in [6.07, 6.45) is 2.53. The highest BCUT2D eigenvalue weighted by atomic mass is 79.9. The summed E-state index contributed by atoms with van der Waals surface area (Å²) in [7, 11) is -3.14. The van der Waals surface area contributed by atoms with E-state index in [4.69, 9.17) is 0 Å². The van der Waals surface area contributed by atoms with Gasteiger partial charge in [0, 0.05) is 24.1 Å². The first kappa shape index (κ1) is 22.4. The van der Waals surface area contributed by atoms with Crippen LogP contribution in [-0.2, 0) is 10.0 Å². The number of amides is 1. The van der Waals surface area contributed by atoms with Crippen LogP contribution in [0.25, 0.3) is 0 Å². The summed E-state index contributed by atoms with van der Waals surface area (Å²) < 4.78 is 26.7. The molecule has 0 spiro atoms. The fraction of sp³-hybridized carbons (Fsp3) is 0.650. The van der Waals surface area contributed by atoms with Gasteiger partial charge in [-0.05, 0) is 78.1 Å². The lowest BCUT2D eigenvalue weighted by Gasteiger charge is -2.42. The molecule has 27 heavy (non-hydrogen) atoms. The molecule has 5 nitrogen and oxygen atoms in total. The number of rotatable bonds is 7. The van der Waals surface area contributed by atoms with E-state index < -0.39 is 10.0 Å². The van der Waals surface area contributed by atoms with Crippen molar-refractivity contribution in [3.8, 4) is 0 Å². The zero-order valence-corrected chi connectivity index (χ0v) is 19.1. The molecule has 1 heterocycles. The summed E-state index contributed by atoms with van der Waals surface area (Å²) in [5.41, 5.74) is 1.67. The first-order valence-electron chi connectivity index (χ1n) is 9.61. The lowest BCUT2D eigenvalue weighted by Crippen LogP contribution is -2.48. The third-order valence-electron chi connectivity index (χ3n) is 5.38. The van der Waals surface area contributed by atoms with Gasteiger partial charge in [-0.25, -0.2) is 12.7 Å². The van der Waals surface area contributed by atoms with Crippen LogP contribution in [-0.4, -0.2) is 44.0 Å². The van der Waals surface area contributed by atoms with E-state index in [2.05, 4.69) is 35.1 Å². The number of hydrogen-bond donors (Lipinski definition) is 1. The highest BCUT2D eigenvalue weighted by Gasteiger charge is 2.38. The minimum absolute atomic E-state index is 0.0548. The Morgan fingerprint density at radius 1 is 1.30 bits per heavy atom. The molecule has 0 bridgehead atoms. The molecular formula is C20H31BrN2O3S. The summed E-state index contributed by atoms with van der Waals surface area (Å²) in [5, 5.41) is 3.11. The van der Waals surface area contributed by atoms with Gasteiger partial charge in [-0.2, -0.15) is 0 Å². The van der Waals surface area contributed by atoms with Crippen molar-refractivity contribution in [1.29, 1.82) is 0 Å². The first-order chi connectivity index (χ1) is 12.6. The molecular weight excluding hydrogens is 428 g/mol. The maximum atomic E-state index is 12.7. The molecule has 1 fully saturated rings. The molecule has 7 heteroatoms. The van der Waals surface area contributed by atoms with Crippen LogP contribution in [0.15, 0.2) is 22.7 Å². The zero-order chi connectivity index (χ0) is 20.2. The van der Waals surface area contributed by atoms with Gasteiger partial charge in [0.05, 0.1) is 11.3 Å². The number of piperidine rings is 1. The highest BCUT2D eigenvalue weighted by molar-refractivity contribution is 9.10. The number of nitrogens with one attached hydrogen (secondary N) is 1. The summed E-state index contributed by atoms with van der Waals surface area (Å²) in [5.74, 6) is 0.540. The minimum atomic E-state index is -3.14. The van der Waals surface area contributed by atoms with E-state index in [1.807, 2.05) is 25.1 Å². The Labute approximate surface area is 172 Å². The van der Waals surface area contributed by atoms with E-state index in [1.54, 1.807) is 11.2 Å². The lowest BCUT2D eigenvalue weighted by molar-refractivity contribution is 0.0855. The molecule has 1 N–H and O–H groups in total. The number of nitrogens with zero attached hydrogens (tertiary/aromatic N) is 1. The molecule has 1 aliphatic heterocycles. The van der Waals surface area contributed by atoms with Crippen molar-refractivity contribution in [2.24, 2.45) is 11.3 Å². The normalized spacial score (nSPS) is 17.9. The molecule has 1 aromatic carbocycles. The number of halogens is 1. The van der Waals surface area contributed by atoms with Gasteiger partial charge in [0.15, 0.2) is 0 Å². The first-order valence-corrected chi connectivity index (χ1v) is 12.0. The van der Waals surface area contributed by atoms with Crippen LogP contribution in [0, 0.1) is 18.3 Å². The second kappa shape index (κ2) is 9.05. The number of benzene rings is 1. The van der Waals surface area contributed by atoms with Gasteiger partial charge in [-0.1, -0.05) is 19.9 Å². The third-order valence-corrected chi connectivity index (χ3v) is 7.91. The van der Waals surface area contributed by atoms with Crippen LogP contribution in [0.1, 0.15) is 56.0 Å². The molecule has 0 atom stereocenters. The summed E-state index contributed by atoms with van der Waals surface area (Å²) >= 11 is 3.47. The Morgan fingerprint density at radius 3 is 2.44 bits per heavy atom. The molecule has 0 aliphatic carbocycles. The van der Waals surface area contributed by atoms with Crippen LogP contribution in [0.2, 0.25) is 0 Å². The van der Waals surface area contributed by atoms with Gasteiger partial charge in [-0.3, -0.25) is 4.79 Å². The van der Waals surface area contributed by atoms with Crippen molar-refractivity contribution in [3.63, 3.8) is 0 Å². The Bertz CT molecular complexity index is 769. The molecule has 1 aromatic rings. The number of carbonyl (C=O) groups is 1. The van der Waals surface area contributed by atoms with Crippen molar-refractivity contribution in [2.75, 3.05) is 25.4 Å². The van der Waals surface area contributed by atoms with Crippen molar-refractivity contribution < 1.29 is 13.2 Å². The van der Waals surface area contributed by atoms with E-state index in [1.165, 1.54) is 0 Å². The van der Waals surface area contributed by atoms with Crippen molar-refractivity contribution in [3.05, 3.63) is 33.8 Å². The van der Waals surface area contributed by atoms with Crippen LogP contribution in [0.3, 0.4) is 0 Å². The molecule has 2 rings (SSSR count). The molecule has 0 unspecified atom stereocenters. The number of hydrogen-bond acceptors (Lipinski definition) is 3. The third kappa shape index (κ3) is 5.78. The average molecular weight is 459 g/mol. The van der Waals surface area contributed by atoms with E-state index in [0.717, 1.165) is 29.3 Å². The van der Waals surface area contributed by atoms with Crippen molar-refractivity contribution >= 4 is 31.9 Å². The second-order valence-electron chi connectivity index (χ2n) is 8.06. The maximum Gasteiger partial charge on any atom is 0.252 e. The molecule has 1 aliphatic rings. The Morgan fingerprint density at radius 2 is 1.93 bits per heavy atom. The number of carbonyl (C=O) groups excluding carboxylic acids is 1. The monoisotopic (exact) mass is 458 g/mol. The van der Waals surface area contributed by atoms with Crippen LogP contribution < -0.4 is 5.32 Å². The Kier molecular flexibility index (Phi) is 7.50. The van der Waals surface area contributed by atoms with Crippen LogP contribution in [0.5, 0.6) is 0 Å². The minimum Gasteiger partial charge on any atom is -0.351 e. The maximum absolute atomic E-state index is 12.7. The molecule has 0 saturated carbocycles. The number of aryl methyl sites for hydroxylation is 1. The zero-order valence-electron chi connectivity index (χ0n) is 16.7. The van der Waals surface area contributed by atoms with E-state index in [-0.39, 0.29) is 17.1 Å². The van der Waals surface area contributed by atoms with Gasteiger partial charge < -0.3 is 5.32 Å². The summed E-state index contributed by atoms with van der Waals surface area (Å²) in [6.45, 7) is 9.67. The van der Waals surface area contributed by atoms with Gasteiger partial charge >= 0.3 is 0 Å². The summed E-state index contributed by atoms with van der Waals surface area (Å²) in [6, 6.07) is 5.70. The molecule has 152 valence electrons. The van der Waals surface area contributed by atoms with Gasteiger partial charge in [-0.15, -0.1) is 0 Å². The predicted octanol–water partition coefficient (Wildman–Crippen LogP) is 3.97. The standard InChI is InChI=1S/C20H31BrN2O3S/c1-5-27(25,26)23-10-8-20(9-11-23,13-15(2)3)14-22-19(24)17-7-6-16(4)12-18(17)21/h6-7,12,15H,5,8-11,13-14H2,1-4H3,(H,22,24). The summed E-state index contributed by atoms with van der Waals surface area (Å²) in [4.78, 5) is 12.7. The van der Waals surface area contributed by atoms with Crippen molar-refractivity contribution in [1.82, 2.24) is 9.62 Å². The number of sulfonamides is 1. The fourth-order valence-electron chi connectivity index (χ4n) is 3.91. The SMILES string of the molecule is CCS(=O)(=O)N1CCC(CNC(=O)c2ccc(C)cc2Br)(CC(C)C)CC1. The van der Waals surface area contributed by atoms with E-state index in [0.29, 0.717) is 31.1 Å². The average Bonchev–Trinajstić information content (AvgIpc) is 2.59. The largest absolute Gasteiger partial charge is 0.351 e. The van der Waals surface area contributed by atoms with Gasteiger partial charge in [0.1, 0.15) is 0 Å². The Balaban J connectivity index is 2.08. The topological polar surface area (TPSA) is 66.5 Å². The second-order valence-corrected chi connectivity index (χ2v) is 11.2. The lowest BCUT2D eigenvalue weighted by atomic mass is 9.73. The van der Waals surface area contributed by atoms with Crippen molar-refractivity contribution in [2.45, 2.75) is 47.0 Å². The van der Waals surface area contributed by atoms with Crippen LogP contribution >= 0.6 is 15.9 Å². The Hall–Kier alpha value is -0.920. The van der Waals surface area contributed by atoms with E-state index >= 15 is 0 Å². The molecule has 0 aromatic heterocycles. The molecule has 0 radical (unpaired) electrons. The molecule has 1 saturated heterocycles. The van der Waals surface area contributed by atoms with Gasteiger partial charge in [0.2, 0.25) is 10.0 Å². The highest BCUT2D eigenvalue weighted by Crippen LogP contribution is 2.38. The van der Waals surface area contributed by atoms with E-state index in [9.17, 15) is 13.2 Å². The smallest absolute Gasteiger partial charge is 0.252 e. The van der Waals surface area contributed by atoms with Gasteiger partial charge in [0.25, 0.3) is 5.91 Å². The fourth-order valence-corrected chi connectivity index (χ4v) is 5.69. The van der Waals surface area contributed by atoms with Crippen LogP contribution in [0.4, 0.5) is 0 Å². The predicted molar refractivity (Wildman–Crippen MR) is 113 cm³/mol. The molecule has 1 amide bonds. The quantitative estimate of drug-likeness (QED) is 0.671.